The van der Waals surface area contributed by atoms with Gasteiger partial charge in [0.05, 0.1) is 5.60 Å². The topological polar surface area (TPSA) is 35.9 Å². The van der Waals surface area contributed by atoms with Gasteiger partial charge in [0.15, 0.2) is 0 Å². The Hall–Kier alpha value is -0.730. The molecule has 1 saturated carbocycles. The lowest BCUT2D eigenvalue weighted by atomic mass is 9.72. The fourth-order valence-electron chi connectivity index (χ4n) is 4.95. The van der Waals surface area contributed by atoms with Gasteiger partial charge in [-0.25, -0.2) is 0 Å². The van der Waals surface area contributed by atoms with E-state index in [9.17, 15) is 18.3 Å². The molecule has 0 bridgehead atoms. The molecule has 1 aliphatic carbocycles. The third-order valence-corrected chi connectivity index (χ3v) is 6.74. The summed E-state index contributed by atoms with van der Waals surface area (Å²) in [6.45, 7) is 6.77. The summed E-state index contributed by atoms with van der Waals surface area (Å²) in [7, 11) is 2.12. The van der Waals surface area contributed by atoms with Crippen molar-refractivity contribution in [2.45, 2.75) is 75.9 Å². The fourth-order valence-corrected chi connectivity index (χ4v) is 4.95. The van der Waals surface area contributed by atoms with Crippen molar-refractivity contribution in [3.05, 3.63) is 29.8 Å². The second-order valence-corrected chi connectivity index (χ2v) is 8.92. The Balaban J connectivity index is 0.00000240. The number of ether oxygens (including phenoxy) is 1. The molecule has 1 aliphatic heterocycles. The van der Waals surface area contributed by atoms with Crippen LogP contribution >= 0.6 is 24.8 Å². The number of alkyl halides is 3. The highest BCUT2D eigenvalue weighted by Gasteiger charge is 2.41. The minimum Gasteiger partial charge on any atom is -0.406 e. The van der Waals surface area contributed by atoms with Crippen molar-refractivity contribution < 1.29 is 23.0 Å². The van der Waals surface area contributed by atoms with E-state index in [4.69, 9.17) is 0 Å². The SMILES string of the molecule is C[C@@H]1CN(C[C@H](c2cccc(OC(F)(F)F)c2)C2(O)CCCCC2)C[C@H](C)N1C.Cl.Cl. The number of hydrogen-bond donors (Lipinski definition) is 1. The molecule has 0 spiro atoms. The lowest BCUT2D eigenvalue weighted by molar-refractivity contribution is -0.274. The van der Waals surface area contributed by atoms with E-state index in [-0.39, 0.29) is 36.5 Å². The highest BCUT2D eigenvalue weighted by molar-refractivity contribution is 5.85. The van der Waals surface area contributed by atoms with Crippen LogP contribution in [0.15, 0.2) is 24.3 Å². The first-order valence-electron chi connectivity index (χ1n) is 10.6. The van der Waals surface area contributed by atoms with E-state index in [0.717, 1.165) is 37.9 Å². The molecule has 1 saturated heterocycles. The standard InChI is InChI=1S/C22H33F3N2O2.2ClH/c1-16-13-27(14-17(2)26(16)3)15-20(21(28)10-5-4-6-11-21)18-8-7-9-19(12-18)29-22(23,24)25;;/h7-9,12,16-17,20,28H,4-6,10-11,13-15H2,1-3H3;2*1H/t16-,17+,20-;;/m1../s1. The number of nitrogens with zero attached hydrogens (tertiary/aromatic N) is 2. The molecule has 2 aliphatic rings. The summed E-state index contributed by atoms with van der Waals surface area (Å²) < 4.78 is 42.3. The lowest BCUT2D eigenvalue weighted by Crippen LogP contribution is -2.57. The average molecular weight is 487 g/mol. The predicted octanol–water partition coefficient (Wildman–Crippen LogP) is 5.23. The van der Waals surface area contributed by atoms with E-state index < -0.39 is 12.0 Å². The van der Waals surface area contributed by atoms with Crippen LogP contribution < -0.4 is 4.74 Å². The molecule has 1 N–H and O–H groups in total. The summed E-state index contributed by atoms with van der Waals surface area (Å²) in [6, 6.07) is 6.96. The van der Waals surface area contributed by atoms with Crippen molar-refractivity contribution in [3.63, 3.8) is 0 Å². The van der Waals surface area contributed by atoms with Gasteiger partial charge in [-0.3, -0.25) is 9.80 Å². The van der Waals surface area contributed by atoms with E-state index in [2.05, 4.69) is 35.4 Å². The first kappa shape index (κ1) is 28.3. The maximum atomic E-state index is 12.7. The summed E-state index contributed by atoms with van der Waals surface area (Å²) in [5.41, 5.74) is -0.180. The Morgan fingerprint density at radius 3 is 2.23 bits per heavy atom. The minimum absolute atomic E-state index is 0. The molecule has 0 aromatic heterocycles. The molecule has 180 valence electrons. The molecule has 0 amide bonds. The minimum atomic E-state index is -4.72. The van der Waals surface area contributed by atoms with E-state index in [0.29, 0.717) is 31.5 Å². The Kier molecular flexibility index (Phi) is 10.4. The van der Waals surface area contributed by atoms with Crippen molar-refractivity contribution >= 4 is 24.8 Å². The Bertz CT molecular complexity index is 675. The molecule has 1 aromatic carbocycles. The molecule has 9 heteroatoms. The number of aliphatic hydroxyl groups is 1. The van der Waals surface area contributed by atoms with Gasteiger partial charge in [-0.15, -0.1) is 38.0 Å². The van der Waals surface area contributed by atoms with Crippen LogP contribution in [0.3, 0.4) is 0 Å². The molecule has 0 unspecified atom stereocenters. The van der Waals surface area contributed by atoms with Crippen molar-refractivity contribution in [2.75, 3.05) is 26.7 Å². The number of benzene rings is 1. The molecule has 2 fully saturated rings. The Morgan fingerprint density at radius 1 is 1.10 bits per heavy atom. The number of likely N-dealkylation sites (N-methyl/N-ethyl adjacent to an activating group) is 1. The second kappa shape index (κ2) is 11.4. The van der Waals surface area contributed by atoms with Crippen molar-refractivity contribution in [2.24, 2.45) is 0 Å². The molecule has 31 heavy (non-hydrogen) atoms. The molecule has 3 atom stereocenters. The maximum Gasteiger partial charge on any atom is 0.573 e. The molecule has 1 aromatic rings. The van der Waals surface area contributed by atoms with Crippen LogP contribution in [0.2, 0.25) is 0 Å². The number of rotatable bonds is 5. The van der Waals surface area contributed by atoms with Crippen molar-refractivity contribution in [1.82, 2.24) is 9.80 Å². The highest BCUT2D eigenvalue weighted by Crippen LogP contribution is 2.42. The summed E-state index contributed by atoms with van der Waals surface area (Å²) in [5.74, 6) is -0.470. The van der Waals surface area contributed by atoms with Gasteiger partial charge < -0.3 is 9.84 Å². The van der Waals surface area contributed by atoms with Crippen LogP contribution in [-0.4, -0.2) is 65.6 Å². The van der Waals surface area contributed by atoms with Crippen molar-refractivity contribution in [3.8, 4) is 5.75 Å². The van der Waals surface area contributed by atoms with Crippen LogP contribution in [0, 0.1) is 0 Å². The van der Waals surface area contributed by atoms with Crippen LogP contribution in [0.4, 0.5) is 13.2 Å². The fraction of sp³-hybridized carbons (Fsp3) is 0.727. The van der Waals surface area contributed by atoms with E-state index in [1.54, 1.807) is 6.07 Å². The molecule has 1 heterocycles. The number of piperazine rings is 1. The zero-order valence-corrected chi connectivity index (χ0v) is 20.0. The molecular formula is C22H35Cl2F3N2O2. The summed E-state index contributed by atoms with van der Waals surface area (Å²) in [4.78, 5) is 4.70. The first-order valence-corrected chi connectivity index (χ1v) is 10.6. The van der Waals surface area contributed by atoms with Gasteiger partial charge in [-0.2, -0.15) is 0 Å². The van der Waals surface area contributed by atoms with Crippen molar-refractivity contribution in [1.29, 1.82) is 0 Å². The maximum absolute atomic E-state index is 12.7. The van der Waals surface area contributed by atoms with Gasteiger partial charge in [-0.05, 0) is 51.4 Å². The van der Waals surface area contributed by atoms with Crippen LogP contribution in [0.5, 0.6) is 5.75 Å². The molecule has 0 radical (unpaired) electrons. The van der Waals surface area contributed by atoms with E-state index in [1.165, 1.54) is 12.1 Å². The third-order valence-electron chi connectivity index (χ3n) is 6.74. The normalized spacial score (nSPS) is 25.8. The zero-order valence-electron chi connectivity index (χ0n) is 18.4. The highest BCUT2D eigenvalue weighted by atomic mass is 35.5. The number of halogens is 5. The first-order chi connectivity index (χ1) is 13.6. The molecular weight excluding hydrogens is 452 g/mol. The van der Waals surface area contributed by atoms with Gasteiger partial charge in [0, 0.05) is 37.6 Å². The number of hydrogen-bond acceptors (Lipinski definition) is 4. The Morgan fingerprint density at radius 2 is 1.68 bits per heavy atom. The largest absolute Gasteiger partial charge is 0.573 e. The van der Waals surface area contributed by atoms with E-state index in [1.807, 2.05) is 6.07 Å². The van der Waals surface area contributed by atoms with Gasteiger partial charge >= 0.3 is 6.36 Å². The van der Waals surface area contributed by atoms with E-state index >= 15 is 0 Å². The van der Waals surface area contributed by atoms with Crippen LogP contribution in [-0.2, 0) is 0 Å². The predicted molar refractivity (Wildman–Crippen MR) is 122 cm³/mol. The van der Waals surface area contributed by atoms with Gasteiger partial charge in [0.25, 0.3) is 0 Å². The summed E-state index contributed by atoms with van der Waals surface area (Å²) >= 11 is 0. The monoisotopic (exact) mass is 486 g/mol. The quantitative estimate of drug-likeness (QED) is 0.617. The summed E-state index contributed by atoms with van der Waals surface area (Å²) in [6.07, 6.45) is -0.378. The van der Waals surface area contributed by atoms with Gasteiger partial charge in [0.1, 0.15) is 5.75 Å². The lowest BCUT2D eigenvalue weighted by Gasteiger charge is -2.46. The van der Waals surface area contributed by atoms with Gasteiger partial charge in [0.2, 0.25) is 0 Å². The zero-order chi connectivity index (χ0) is 21.2. The summed E-state index contributed by atoms with van der Waals surface area (Å²) in [5, 5.41) is 11.5. The van der Waals surface area contributed by atoms with Gasteiger partial charge in [-0.1, -0.05) is 31.4 Å². The second-order valence-electron chi connectivity index (χ2n) is 8.92. The average Bonchev–Trinajstić information content (AvgIpc) is 2.63. The smallest absolute Gasteiger partial charge is 0.406 e. The van der Waals surface area contributed by atoms with Crippen LogP contribution in [0.1, 0.15) is 57.4 Å². The van der Waals surface area contributed by atoms with Crippen LogP contribution in [0.25, 0.3) is 0 Å². The molecule has 4 nitrogen and oxygen atoms in total. The Labute approximate surface area is 195 Å². The third kappa shape index (κ3) is 7.39. The molecule has 3 rings (SSSR count).